The van der Waals surface area contributed by atoms with Gasteiger partial charge >= 0.3 is 0 Å². The zero-order chi connectivity index (χ0) is 21.5. The molecular weight excluding hydrogens is 384 g/mol. The normalized spacial score (nSPS) is 17.7. The van der Waals surface area contributed by atoms with Gasteiger partial charge in [0.25, 0.3) is 0 Å². The summed E-state index contributed by atoms with van der Waals surface area (Å²) in [5.74, 6) is 2.84. The molecule has 4 rings (SSSR count). The van der Waals surface area contributed by atoms with E-state index in [2.05, 4.69) is 59.2 Å². The highest BCUT2D eigenvalue weighted by Gasteiger charge is 2.20. The third-order valence-corrected chi connectivity index (χ3v) is 6.78. The van der Waals surface area contributed by atoms with Crippen molar-refractivity contribution in [1.29, 1.82) is 0 Å². The summed E-state index contributed by atoms with van der Waals surface area (Å²) in [6.07, 6.45) is 10.3. The number of benzene rings is 2. The summed E-state index contributed by atoms with van der Waals surface area (Å²) in [6, 6.07) is 17.4. The van der Waals surface area contributed by atoms with Crippen molar-refractivity contribution in [1.82, 2.24) is 5.32 Å². The Morgan fingerprint density at radius 2 is 1.71 bits per heavy atom. The first kappa shape index (κ1) is 21.8. The minimum absolute atomic E-state index is 0.161. The first-order valence-corrected chi connectivity index (χ1v) is 11.8. The van der Waals surface area contributed by atoms with Crippen molar-refractivity contribution in [3.05, 3.63) is 71.1 Å². The Bertz CT molecular complexity index is 869. The summed E-state index contributed by atoms with van der Waals surface area (Å²) in [7, 11) is 3.47. The van der Waals surface area contributed by atoms with Crippen molar-refractivity contribution in [3.63, 3.8) is 0 Å². The number of methoxy groups -OCH3 is 2. The third kappa shape index (κ3) is 5.62. The Morgan fingerprint density at radius 1 is 0.903 bits per heavy atom. The molecule has 2 aliphatic carbocycles. The molecule has 0 amide bonds. The highest BCUT2D eigenvalue weighted by Crippen LogP contribution is 2.32. The molecule has 0 aromatic heterocycles. The minimum Gasteiger partial charge on any atom is -0.499 e. The van der Waals surface area contributed by atoms with Crippen LogP contribution in [0, 0.1) is 5.92 Å². The lowest BCUT2D eigenvalue weighted by Crippen LogP contribution is -2.25. The number of rotatable bonds is 10. The summed E-state index contributed by atoms with van der Waals surface area (Å²) in [4.78, 5) is 0. The van der Waals surface area contributed by atoms with Crippen LogP contribution in [0.1, 0.15) is 68.5 Å². The summed E-state index contributed by atoms with van der Waals surface area (Å²) in [6.45, 7) is 1.04. The minimum atomic E-state index is 0.161. The lowest BCUT2D eigenvalue weighted by Gasteiger charge is -2.26. The number of allylic oxidation sites excluding steroid dienone is 2. The fraction of sp³-hybridized carbons (Fsp3) is 0.481. The number of hydrogen-bond donors (Lipinski definition) is 2. The van der Waals surface area contributed by atoms with Crippen LogP contribution in [0.5, 0.6) is 5.75 Å². The monoisotopic (exact) mass is 420 g/mol. The van der Waals surface area contributed by atoms with E-state index in [1.165, 1.54) is 55.3 Å². The highest BCUT2D eigenvalue weighted by atomic mass is 16.5. The van der Waals surface area contributed by atoms with Crippen LogP contribution in [0.4, 0.5) is 5.69 Å². The topological polar surface area (TPSA) is 42.5 Å². The van der Waals surface area contributed by atoms with Gasteiger partial charge in [-0.2, -0.15) is 0 Å². The van der Waals surface area contributed by atoms with Gasteiger partial charge in [-0.15, -0.1) is 0 Å². The maximum Gasteiger partial charge on any atom is 0.118 e. The first-order chi connectivity index (χ1) is 15.3. The lowest BCUT2D eigenvalue weighted by atomic mass is 9.87. The van der Waals surface area contributed by atoms with Crippen molar-refractivity contribution in [2.24, 2.45) is 5.92 Å². The highest BCUT2D eigenvalue weighted by molar-refractivity contribution is 5.53. The molecule has 0 radical (unpaired) electrons. The van der Waals surface area contributed by atoms with Gasteiger partial charge in [-0.05, 0) is 60.7 Å². The van der Waals surface area contributed by atoms with Crippen molar-refractivity contribution in [3.8, 4) is 5.75 Å². The SMILES string of the molecule is COC1=C(Nc2cccc(C(NCCC3CCCCC3)c3ccc(OC)cc3)c2)CC1. The van der Waals surface area contributed by atoms with Crippen LogP contribution in [0.25, 0.3) is 0 Å². The number of ether oxygens (including phenoxy) is 2. The molecule has 0 saturated heterocycles. The van der Waals surface area contributed by atoms with Crippen molar-refractivity contribution in [2.75, 3.05) is 26.1 Å². The quantitative estimate of drug-likeness (QED) is 0.466. The molecule has 166 valence electrons. The Balaban J connectivity index is 1.50. The van der Waals surface area contributed by atoms with Gasteiger partial charge in [0.2, 0.25) is 0 Å². The standard InChI is InChI=1S/C27H36N2O2/c1-30-24-13-11-21(12-14-24)27(28-18-17-20-7-4-3-5-8-20)22-9-6-10-23(19-22)29-25-15-16-26(25)31-2/h6,9-14,19-20,27-29H,3-5,7-8,15-18H2,1-2H3. The number of anilines is 1. The van der Waals surface area contributed by atoms with Gasteiger partial charge in [0.05, 0.1) is 26.0 Å². The van der Waals surface area contributed by atoms with Gasteiger partial charge in [0, 0.05) is 12.1 Å². The van der Waals surface area contributed by atoms with Crippen LogP contribution < -0.4 is 15.4 Å². The molecule has 0 heterocycles. The molecule has 0 aliphatic heterocycles. The number of nitrogens with one attached hydrogen (secondary N) is 2. The van der Waals surface area contributed by atoms with Gasteiger partial charge in [-0.3, -0.25) is 0 Å². The van der Waals surface area contributed by atoms with Gasteiger partial charge in [0.15, 0.2) is 0 Å². The molecule has 0 bridgehead atoms. The van der Waals surface area contributed by atoms with Gasteiger partial charge in [-0.25, -0.2) is 0 Å². The van der Waals surface area contributed by atoms with E-state index in [4.69, 9.17) is 9.47 Å². The molecule has 1 unspecified atom stereocenters. The van der Waals surface area contributed by atoms with Crippen LogP contribution in [0.2, 0.25) is 0 Å². The molecule has 2 aromatic rings. The van der Waals surface area contributed by atoms with Crippen LogP contribution >= 0.6 is 0 Å². The first-order valence-electron chi connectivity index (χ1n) is 11.8. The van der Waals surface area contributed by atoms with Crippen LogP contribution in [0.3, 0.4) is 0 Å². The molecule has 2 aliphatic rings. The van der Waals surface area contributed by atoms with E-state index in [0.717, 1.165) is 42.5 Å². The summed E-state index contributed by atoms with van der Waals surface area (Å²) >= 11 is 0. The predicted octanol–water partition coefficient (Wildman–Crippen LogP) is 6.41. The van der Waals surface area contributed by atoms with Crippen LogP contribution in [0.15, 0.2) is 60.0 Å². The third-order valence-electron chi connectivity index (χ3n) is 6.78. The summed E-state index contributed by atoms with van der Waals surface area (Å²) < 4.78 is 10.8. The average Bonchev–Trinajstić information content (AvgIpc) is 2.81. The second-order valence-electron chi connectivity index (χ2n) is 8.81. The molecule has 4 heteroatoms. The molecule has 2 N–H and O–H groups in total. The Labute approximate surface area is 187 Å². The van der Waals surface area contributed by atoms with Crippen LogP contribution in [-0.2, 0) is 4.74 Å². The molecule has 1 fully saturated rings. The molecular formula is C27H36N2O2. The Kier molecular flexibility index (Phi) is 7.52. The van der Waals surface area contributed by atoms with Crippen molar-refractivity contribution < 1.29 is 9.47 Å². The van der Waals surface area contributed by atoms with Gasteiger partial charge < -0.3 is 20.1 Å². The molecule has 0 spiro atoms. The zero-order valence-electron chi connectivity index (χ0n) is 19.0. The van der Waals surface area contributed by atoms with E-state index >= 15 is 0 Å². The Hall–Kier alpha value is -2.46. The van der Waals surface area contributed by atoms with E-state index in [1.807, 2.05) is 0 Å². The Morgan fingerprint density at radius 3 is 2.39 bits per heavy atom. The summed E-state index contributed by atoms with van der Waals surface area (Å²) in [5.41, 5.74) is 4.86. The molecule has 4 nitrogen and oxygen atoms in total. The second kappa shape index (κ2) is 10.7. The largest absolute Gasteiger partial charge is 0.499 e. The maximum absolute atomic E-state index is 5.44. The van der Waals surface area contributed by atoms with E-state index in [0.29, 0.717) is 0 Å². The van der Waals surface area contributed by atoms with Gasteiger partial charge in [0.1, 0.15) is 11.5 Å². The van der Waals surface area contributed by atoms with E-state index < -0.39 is 0 Å². The fourth-order valence-electron chi connectivity index (χ4n) is 4.81. The van der Waals surface area contributed by atoms with E-state index in [-0.39, 0.29) is 6.04 Å². The molecule has 1 saturated carbocycles. The molecule has 1 atom stereocenters. The second-order valence-corrected chi connectivity index (χ2v) is 8.81. The maximum atomic E-state index is 5.44. The van der Waals surface area contributed by atoms with E-state index in [9.17, 15) is 0 Å². The van der Waals surface area contributed by atoms with Crippen molar-refractivity contribution in [2.45, 2.75) is 57.4 Å². The molecule has 31 heavy (non-hydrogen) atoms. The van der Waals surface area contributed by atoms with E-state index in [1.54, 1.807) is 14.2 Å². The lowest BCUT2D eigenvalue weighted by molar-refractivity contribution is 0.253. The van der Waals surface area contributed by atoms with Gasteiger partial charge in [-0.1, -0.05) is 56.4 Å². The van der Waals surface area contributed by atoms with Crippen LogP contribution in [-0.4, -0.2) is 20.8 Å². The zero-order valence-corrected chi connectivity index (χ0v) is 19.0. The summed E-state index contributed by atoms with van der Waals surface area (Å²) in [5, 5.41) is 7.42. The fourth-order valence-corrected chi connectivity index (χ4v) is 4.81. The average molecular weight is 421 g/mol. The smallest absolute Gasteiger partial charge is 0.118 e. The molecule has 2 aromatic carbocycles. The predicted molar refractivity (Wildman–Crippen MR) is 127 cm³/mol. The van der Waals surface area contributed by atoms with Crippen molar-refractivity contribution >= 4 is 5.69 Å². The number of hydrogen-bond acceptors (Lipinski definition) is 4.